The number of piperidine rings is 1. The van der Waals surface area contributed by atoms with Gasteiger partial charge >= 0.3 is 0 Å². The number of rotatable bonds is 4. The Hall–Kier alpha value is -2.21. The van der Waals surface area contributed by atoms with Crippen molar-refractivity contribution in [1.29, 1.82) is 0 Å². The number of hydrogen-bond donors (Lipinski definition) is 1. The predicted molar refractivity (Wildman–Crippen MR) is 80.5 cm³/mol. The quantitative estimate of drug-likeness (QED) is 0.520. The third-order valence-electron chi connectivity index (χ3n) is 3.76. The van der Waals surface area contributed by atoms with Crippen LogP contribution in [0.25, 0.3) is 6.08 Å². The molecule has 1 aromatic carbocycles. The Morgan fingerprint density at radius 1 is 1.43 bits per heavy atom. The number of carbonyl (C=O) groups excluding carboxylic acids is 1. The first kappa shape index (κ1) is 15.2. The third kappa shape index (κ3) is 4.13. The zero-order valence-corrected chi connectivity index (χ0v) is 11.8. The van der Waals surface area contributed by atoms with Crippen molar-refractivity contribution in [3.8, 4) is 0 Å². The lowest BCUT2D eigenvalue weighted by atomic mass is 9.97. The van der Waals surface area contributed by atoms with Gasteiger partial charge in [0, 0.05) is 31.3 Å². The monoisotopic (exact) mass is 289 g/mol. The van der Waals surface area contributed by atoms with Gasteiger partial charge in [-0.25, -0.2) is 0 Å². The number of likely N-dealkylation sites (tertiary alicyclic amines) is 1. The van der Waals surface area contributed by atoms with Gasteiger partial charge in [0.05, 0.1) is 4.92 Å². The van der Waals surface area contributed by atoms with Crippen LogP contribution in [0.15, 0.2) is 30.3 Å². The van der Waals surface area contributed by atoms with Crippen molar-refractivity contribution in [2.75, 3.05) is 19.6 Å². The maximum absolute atomic E-state index is 12.1. The van der Waals surface area contributed by atoms with Gasteiger partial charge < -0.3 is 10.6 Å². The minimum absolute atomic E-state index is 0.0216. The second-order valence-electron chi connectivity index (χ2n) is 5.19. The van der Waals surface area contributed by atoms with Gasteiger partial charge in [-0.15, -0.1) is 0 Å². The molecule has 0 aliphatic carbocycles. The highest BCUT2D eigenvalue weighted by molar-refractivity contribution is 5.91. The van der Waals surface area contributed by atoms with E-state index in [9.17, 15) is 14.9 Å². The third-order valence-corrected chi connectivity index (χ3v) is 3.76. The smallest absolute Gasteiger partial charge is 0.270 e. The molecular weight excluding hydrogens is 270 g/mol. The van der Waals surface area contributed by atoms with Crippen LogP contribution < -0.4 is 5.73 Å². The van der Waals surface area contributed by atoms with E-state index in [1.807, 2.05) is 0 Å². The summed E-state index contributed by atoms with van der Waals surface area (Å²) in [7, 11) is 0. The van der Waals surface area contributed by atoms with Crippen LogP contribution in [0.5, 0.6) is 0 Å². The van der Waals surface area contributed by atoms with Gasteiger partial charge in [-0.1, -0.05) is 12.1 Å². The molecule has 1 saturated heterocycles. The fourth-order valence-electron chi connectivity index (χ4n) is 2.40. The van der Waals surface area contributed by atoms with Gasteiger partial charge in [-0.3, -0.25) is 14.9 Å². The zero-order valence-electron chi connectivity index (χ0n) is 11.8. The van der Waals surface area contributed by atoms with Crippen LogP contribution in [-0.2, 0) is 4.79 Å². The molecule has 0 bridgehead atoms. The van der Waals surface area contributed by atoms with Gasteiger partial charge in [-0.05, 0) is 36.9 Å². The number of amides is 1. The van der Waals surface area contributed by atoms with Crippen molar-refractivity contribution < 1.29 is 9.72 Å². The summed E-state index contributed by atoms with van der Waals surface area (Å²) in [5.74, 6) is 0.451. The number of non-ortho nitro benzene ring substituents is 1. The van der Waals surface area contributed by atoms with E-state index < -0.39 is 4.92 Å². The molecule has 0 aromatic heterocycles. The summed E-state index contributed by atoms with van der Waals surface area (Å²) in [5, 5.41) is 10.7. The number of nitrogens with two attached hydrogens (primary N) is 1. The summed E-state index contributed by atoms with van der Waals surface area (Å²) in [6.45, 7) is 2.12. The fraction of sp³-hybridized carbons (Fsp3) is 0.400. The van der Waals surface area contributed by atoms with Crippen LogP contribution in [0, 0.1) is 16.0 Å². The second-order valence-corrected chi connectivity index (χ2v) is 5.19. The summed E-state index contributed by atoms with van der Waals surface area (Å²) in [6, 6.07) is 6.22. The number of nitro groups is 1. The number of nitro benzene ring substituents is 1. The molecule has 112 valence electrons. The number of hydrogen-bond acceptors (Lipinski definition) is 4. The van der Waals surface area contributed by atoms with Gasteiger partial charge in [0.2, 0.25) is 5.91 Å². The lowest BCUT2D eigenvalue weighted by molar-refractivity contribution is -0.384. The van der Waals surface area contributed by atoms with Crippen molar-refractivity contribution in [1.82, 2.24) is 4.90 Å². The first-order chi connectivity index (χ1) is 10.1. The van der Waals surface area contributed by atoms with Crippen molar-refractivity contribution >= 4 is 17.7 Å². The minimum Gasteiger partial charge on any atom is -0.339 e. The van der Waals surface area contributed by atoms with Crippen molar-refractivity contribution in [3.05, 3.63) is 46.0 Å². The Kier molecular flexibility index (Phi) is 5.05. The Morgan fingerprint density at radius 3 is 2.76 bits per heavy atom. The summed E-state index contributed by atoms with van der Waals surface area (Å²) in [6.07, 6.45) is 4.96. The van der Waals surface area contributed by atoms with E-state index in [2.05, 4.69) is 0 Å². The SMILES string of the molecule is NCC1CCN(C(=O)C=Cc2cccc([N+](=O)[O-])c2)CC1. The van der Waals surface area contributed by atoms with Gasteiger partial charge in [-0.2, -0.15) is 0 Å². The van der Waals surface area contributed by atoms with Crippen molar-refractivity contribution in [3.63, 3.8) is 0 Å². The topological polar surface area (TPSA) is 89.5 Å². The summed E-state index contributed by atoms with van der Waals surface area (Å²) in [5.41, 5.74) is 6.29. The molecular formula is C15H19N3O3. The maximum atomic E-state index is 12.1. The van der Waals surface area contributed by atoms with Crippen LogP contribution in [-0.4, -0.2) is 35.4 Å². The molecule has 0 saturated carbocycles. The van der Waals surface area contributed by atoms with Crippen LogP contribution >= 0.6 is 0 Å². The highest BCUT2D eigenvalue weighted by Gasteiger charge is 2.20. The molecule has 2 N–H and O–H groups in total. The molecule has 21 heavy (non-hydrogen) atoms. The molecule has 1 aliphatic heterocycles. The Bertz CT molecular complexity index is 549. The van der Waals surface area contributed by atoms with E-state index in [0.29, 0.717) is 18.0 Å². The first-order valence-electron chi connectivity index (χ1n) is 7.01. The summed E-state index contributed by atoms with van der Waals surface area (Å²) >= 11 is 0. The normalized spacial score (nSPS) is 16.3. The minimum atomic E-state index is -0.448. The molecule has 0 unspecified atom stereocenters. The fourth-order valence-corrected chi connectivity index (χ4v) is 2.40. The molecule has 1 aromatic rings. The number of benzene rings is 1. The lowest BCUT2D eigenvalue weighted by Gasteiger charge is -2.30. The molecule has 0 atom stereocenters. The van der Waals surface area contributed by atoms with E-state index in [0.717, 1.165) is 25.9 Å². The van der Waals surface area contributed by atoms with Gasteiger partial charge in [0.25, 0.3) is 5.69 Å². The van der Waals surface area contributed by atoms with Crippen LogP contribution in [0.1, 0.15) is 18.4 Å². The standard InChI is InChI=1S/C15H19N3O3/c16-11-13-6-8-17(9-7-13)15(19)5-4-12-2-1-3-14(10-12)18(20)21/h1-5,10,13H,6-9,11,16H2. The van der Waals surface area contributed by atoms with Crippen molar-refractivity contribution in [2.24, 2.45) is 11.7 Å². The second kappa shape index (κ2) is 6.99. The van der Waals surface area contributed by atoms with E-state index in [1.165, 1.54) is 18.2 Å². The van der Waals surface area contributed by atoms with E-state index >= 15 is 0 Å². The highest BCUT2D eigenvalue weighted by atomic mass is 16.6. The molecule has 1 heterocycles. The Labute approximate surface area is 123 Å². The molecule has 6 heteroatoms. The van der Waals surface area contributed by atoms with Crippen molar-refractivity contribution in [2.45, 2.75) is 12.8 Å². The average Bonchev–Trinajstić information content (AvgIpc) is 2.53. The Morgan fingerprint density at radius 2 is 2.14 bits per heavy atom. The maximum Gasteiger partial charge on any atom is 0.270 e. The van der Waals surface area contributed by atoms with Gasteiger partial charge in [0.1, 0.15) is 0 Å². The molecule has 2 rings (SSSR count). The Balaban J connectivity index is 1.96. The molecule has 0 spiro atoms. The van der Waals surface area contributed by atoms with Crippen LogP contribution in [0.3, 0.4) is 0 Å². The van der Waals surface area contributed by atoms with E-state index in [4.69, 9.17) is 5.73 Å². The largest absolute Gasteiger partial charge is 0.339 e. The molecule has 1 aliphatic rings. The van der Waals surface area contributed by atoms with Crippen LogP contribution in [0.2, 0.25) is 0 Å². The van der Waals surface area contributed by atoms with Crippen LogP contribution in [0.4, 0.5) is 5.69 Å². The molecule has 6 nitrogen and oxygen atoms in total. The average molecular weight is 289 g/mol. The molecule has 0 radical (unpaired) electrons. The molecule has 1 amide bonds. The summed E-state index contributed by atoms with van der Waals surface area (Å²) < 4.78 is 0. The first-order valence-corrected chi connectivity index (χ1v) is 7.01. The van der Waals surface area contributed by atoms with Gasteiger partial charge in [0.15, 0.2) is 0 Å². The zero-order chi connectivity index (χ0) is 15.2. The van der Waals surface area contributed by atoms with E-state index in [-0.39, 0.29) is 11.6 Å². The van der Waals surface area contributed by atoms with E-state index in [1.54, 1.807) is 23.1 Å². The number of nitrogens with zero attached hydrogens (tertiary/aromatic N) is 2. The predicted octanol–water partition coefficient (Wildman–Crippen LogP) is 1.81. The number of carbonyl (C=O) groups is 1. The lowest BCUT2D eigenvalue weighted by Crippen LogP contribution is -2.39. The molecule has 1 fully saturated rings. The highest BCUT2D eigenvalue weighted by Crippen LogP contribution is 2.17. The summed E-state index contributed by atoms with van der Waals surface area (Å²) in [4.78, 5) is 24.1.